The van der Waals surface area contributed by atoms with Crippen LogP contribution in [0.25, 0.3) is 0 Å². The van der Waals surface area contributed by atoms with Crippen LogP contribution in [0.1, 0.15) is 26.7 Å². The summed E-state index contributed by atoms with van der Waals surface area (Å²) in [7, 11) is 0. The molecule has 6 heteroatoms. The summed E-state index contributed by atoms with van der Waals surface area (Å²) in [5.74, 6) is 0.0703. The van der Waals surface area contributed by atoms with E-state index in [-0.39, 0.29) is 17.9 Å². The fourth-order valence-corrected chi connectivity index (χ4v) is 2.34. The van der Waals surface area contributed by atoms with Gasteiger partial charge >= 0.3 is 6.03 Å². The Morgan fingerprint density at radius 2 is 1.74 bits per heavy atom. The lowest BCUT2D eigenvalue weighted by atomic mass is 10.0. The molecule has 1 fully saturated rings. The van der Waals surface area contributed by atoms with Crippen molar-refractivity contribution in [3.05, 3.63) is 0 Å². The Kier molecular flexibility index (Phi) is 6.62. The molecule has 6 nitrogen and oxygen atoms in total. The van der Waals surface area contributed by atoms with E-state index in [0.717, 1.165) is 12.8 Å². The van der Waals surface area contributed by atoms with Crippen LogP contribution in [-0.4, -0.2) is 61.0 Å². The van der Waals surface area contributed by atoms with Gasteiger partial charge in [0, 0.05) is 39.3 Å². The van der Waals surface area contributed by atoms with Crippen molar-refractivity contribution in [1.29, 1.82) is 0 Å². The second-order valence-electron chi connectivity index (χ2n) is 4.87. The monoisotopic (exact) mass is 270 g/mol. The molecule has 1 unspecified atom stereocenters. The fourth-order valence-electron chi connectivity index (χ4n) is 2.34. The number of nitrogens with zero attached hydrogens (tertiary/aromatic N) is 2. The van der Waals surface area contributed by atoms with Crippen LogP contribution >= 0.6 is 0 Å². The van der Waals surface area contributed by atoms with Gasteiger partial charge in [0.2, 0.25) is 5.91 Å². The van der Waals surface area contributed by atoms with E-state index in [1.807, 2.05) is 11.8 Å². The molecule has 1 aliphatic heterocycles. The van der Waals surface area contributed by atoms with Crippen molar-refractivity contribution < 1.29 is 9.59 Å². The van der Waals surface area contributed by atoms with Gasteiger partial charge in [0.1, 0.15) is 0 Å². The van der Waals surface area contributed by atoms with Crippen LogP contribution in [0.2, 0.25) is 0 Å². The molecule has 0 aromatic rings. The second-order valence-corrected chi connectivity index (χ2v) is 4.87. The van der Waals surface area contributed by atoms with Gasteiger partial charge in [-0.2, -0.15) is 0 Å². The van der Waals surface area contributed by atoms with Crippen molar-refractivity contribution >= 4 is 11.9 Å². The number of hydrogen-bond donors (Lipinski definition) is 2. The number of nitrogens with one attached hydrogen (secondary N) is 1. The Morgan fingerprint density at radius 1 is 1.16 bits per heavy atom. The zero-order chi connectivity index (χ0) is 14.3. The second kappa shape index (κ2) is 7.99. The molecule has 1 atom stereocenters. The minimum atomic E-state index is -0.0685. The van der Waals surface area contributed by atoms with E-state index in [1.54, 1.807) is 4.90 Å². The number of piperazine rings is 1. The predicted molar refractivity (Wildman–Crippen MR) is 74.7 cm³/mol. The predicted octanol–water partition coefficient (Wildman–Crippen LogP) is 0.235. The maximum Gasteiger partial charge on any atom is 0.317 e. The van der Waals surface area contributed by atoms with E-state index in [9.17, 15) is 9.59 Å². The number of nitrogens with two attached hydrogens (primary N) is 1. The highest BCUT2D eigenvalue weighted by Crippen LogP contribution is 2.12. The quantitative estimate of drug-likeness (QED) is 0.751. The van der Waals surface area contributed by atoms with E-state index >= 15 is 0 Å². The number of urea groups is 1. The molecule has 0 radical (unpaired) electrons. The molecule has 0 aromatic heterocycles. The maximum atomic E-state index is 12.2. The summed E-state index contributed by atoms with van der Waals surface area (Å²) in [6.45, 7) is 7.40. The molecule has 110 valence electrons. The average molecular weight is 270 g/mol. The van der Waals surface area contributed by atoms with Crippen molar-refractivity contribution in [2.75, 3.05) is 39.3 Å². The summed E-state index contributed by atoms with van der Waals surface area (Å²) >= 11 is 0. The Hall–Kier alpha value is -1.30. The number of rotatable bonds is 5. The molecule has 1 saturated heterocycles. The molecule has 19 heavy (non-hydrogen) atoms. The number of hydrogen-bond acceptors (Lipinski definition) is 3. The van der Waals surface area contributed by atoms with Gasteiger partial charge in [-0.3, -0.25) is 4.79 Å². The van der Waals surface area contributed by atoms with Crippen molar-refractivity contribution in [3.63, 3.8) is 0 Å². The van der Waals surface area contributed by atoms with E-state index in [2.05, 4.69) is 12.2 Å². The Bertz CT molecular complexity index is 301. The highest BCUT2D eigenvalue weighted by atomic mass is 16.2. The third-order valence-corrected chi connectivity index (χ3v) is 3.48. The first kappa shape index (κ1) is 15.8. The highest BCUT2D eigenvalue weighted by molar-refractivity contribution is 5.80. The Balaban J connectivity index is 2.44. The summed E-state index contributed by atoms with van der Waals surface area (Å²) in [5.41, 5.74) is 5.66. The van der Waals surface area contributed by atoms with Crippen LogP contribution in [0.5, 0.6) is 0 Å². The van der Waals surface area contributed by atoms with Crippen molar-refractivity contribution in [3.8, 4) is 0 Å². The van der Waals surface area contributed by atoms with Crippen molar-refractivity contribution in [2.45, 2.75) is 26.7 Å². The maximum absolute atomic E-state index is 12.2. The van der Waals surface area contributed by atoms with Crippen molar-refractivity contribution in [2.24, 2.45) is 11.7 Å². The molecular formula is C13H26N4O2. The standard InChI is InChI=1S/C13H26N4O2/c1-3-5-11(10-14)12(18)16-6-8-17(9-7-16)13(19)15-4-2/h11H,3-10,14H2,1-2H3,(H,15,19). The summed E-state index contributed by atoms with van der Waals surface area (Å²) in [6, 6.07) is -0.0430. The van der Waals surface area contributed by atoms with E-state index in [0.29, 0.717) is 39.3 Å². The summed E-state index contributed by atoms with van der Waals surface area (Å²) in [6.07, 6.45) is 1.80. The average Bonchev–Trinajstić information content (AvgIpc) is 2.44. The SMILES string of the molecule is CCCC(CN)C(=O)N1CCN(C(=O)NCC)CC1. The first-order chi connectivity index (χ1) is 9.13. The van der Waals surface area contributed by atoms with E-state index < -0.39 is 0 Å². The van der Waals surface area contributed by atoms with Gasteiger partial charge < -0.3 is 20.9 Å². The number of carbonyl (C=O) groups is 2. The molecule has 0 spiro atoms. The fraction of sp³-hybridized carbons (Fsp3) is 0.846. The van der Waals surface area contributed by atoms with Gasteiger partial charge in [-0.1, -0.05) is 13.3 Å². The lowest BCUT2D eigenvalue weighted by Crippen LogP contribution is -2.54. The summed E-state index contributed by atoms with van der Waals surface area (Å²) < 4.78 is 0. The molecular weight excluding hydrogens is 244 g/mol. The summed E-state index contributed by atoms with van der Waals surface area (Å²) in [4.78, 5) is 27.5. The first-order valence-electron chi connectivity index (χ1n) is 7.15. The van der Waals surface area contributed by atoms with Gasteiger partial charge in [-0.15, -0.1) is 0 Å². The molecule has 3 amide bonds. The highest BCUT2D eigenvalue weighted by Gasteiger charge is 2.27. The van der Waals surface area contributed by atoms with Crippen LogP contribution in [0.15, 0.2) is 0 Å². The molecule has 0 saturated carbocycles. The van der Waals surface area contributed by atoms with Gasteiger partial charge in [0.05, 0.1) is 5.92 Å². The van der Waals surface area contributed by atoms with E-state index in [1.165, 1.54) is 0 Å². The summed E-state index contributed by atoms with van der Waals surface area (Å²) in [5, 5.41) is 2.78. The van der Waals surface area contributed by atoms with Gasteiger partial charge in [-0.25, -0.2) is 4.79 Å². The van der Waals surface area contributed by atoms with Crippen LogP contribution < -0.4 is 11.1 Å². The molecule has 1 rings (SSSR count). The topological polar surface area (TPSA) is 78.7 Å². The zero-order valence-electron chi connectivity index (χ0n) is 12.0. The molecule has 0 aliphatic carbocycles. The zero-order valence-corrected chi connectivity index (χ0v) is 12.0. The van der Waals surface area contributed by atoms with Crippen molar-refractivity contribution in [1.82, 2.24) is 15.1 Å². The smallest absolute Gasteiger partial charge is 0.317 e. The van der Waals surface area contributed by atoms with Crippen LogP contribution in [0.3, 0.4) is 0 Å². The Labute approximate surface area is 115 Å². The number of amides is 3. The van der Waals surface area contributed by atoms with E-state index in [4.69, 9.17) is 5.73 Å². The third kappa shape index (κ3) is 4.38. The van der Waals surface area contributed by atoms with Gasteiger partial charge in [0.15, 0.2) is 0 Å². The molecule has 3 N–H and O–H groups in total. The van der Waals surface area contributed by atoms with Gasteiger partial charge in [-0.05, 0) is 13.3 Å². The minimum Gasteiger partial charge on any atom is -0.339 e. The van der Waals surface area contributed by atoms with Crippen LogP contribution in [-0.2, 0) is 4.79 Å². The molecule has 0 bridgehead atoms. The molecule has 0 aromatic carbocycles. The minimum absolute atomic E-state index is 0.0430. The normalized spacial score (nSPS) is 17.2. The lowest BCUT2D eigenvalue weighted by Gasteiger charge is -2.36. The van der Waals surface area contributed by atoms with Crippen LogP contribution in [0.4, 0.5) is 4.79 Å². The number of carbonyl (C=O) groups excluding carboxylic acids is 2. The lowest BCUT2D eigenvalue weighted by molar-refractivity contribution is -0.136. The third-order valence-electron chi connectivity index (χ3n) is 3.48. The Morgan fingerprint density at radius 3 is 2.21 bits per heavy atom. The van der Waals surface area contributed by atoms with Gasteiger partial charge in [0.25, 0.3) is 0 Å². The molecule has 1 heterocycles. The largest absolute Gasteiger partial charge is 0.339 e. The first-order valence-corrected chi connectivity index (χ1v) is 7.15. The molecule has 1 aliphatic rings. The van der Waals surface area contributed by atoms with Crippen LogP contribution in [0, 0.1) is 5.92 Å².